The predicted molar refractivity (Wildman–Crippen MR) is 41.5 cm³/mol. The summed E-state index contributed by atoms with van der Waals surface area (Å²) in [7, 11) is 1.23. The second kappa shape index (κ2) is 4.79. The average molecular weight is 143 g/mol. The van der Waals surface area contributed by atoms with E-state index < -0.39 is 0 Å². The van der Waals surface area contributed by atoms with Gasteiger partial charge in [0.05, 0.1) is 0 Å². The molecule has 1 fully saturated rings. The van der Waals surface area contributed by atoms with E-state index in [1.54, 1.807) is 0 Å². The maximum absolute atomic E-state index is 5.34. The van der Waals surface area contributed by atoms with Crippen LogP contribution in [0.1, 0.15) is 22.1 Å². The Kier molecular flexibility index (Phi) is 5.35. The van der Waals surface area contributed by atoms with Gasteiger partial charge < -0.3 is 7.59 Å². The van der Waals surface area contributed by atoms with Crippen LogP contribution in [0.5, 0.6) is 0 Å². The molecule has 1 aliphatic heterocycles. The van der Waals surface area contributed by atoms with Crippen molar-refractivity contribution in [1.82, 2.24) is 0 Å². The predicted octanol–water partition coefficient (Wildman–Crippen LogP) is -0.277. The zero-order valence-electron chi connectivity index (χ0n) is 7.52. The van der Waals surface area contributed by atoms with Crippen molar-refractivity contribution in [2.45, 2.75) is 25.0 Å². The summed E-state index contributed by atoms with van der Waals surface area (Å²) in [5, 5.41) is 0. The fraction of sp³-hybridized carbons (Fsp3) is 1.00. The average Bonchev–Trinajstić information content (AvgIpc) is 1.69. The van der Waals surface area contributed by atoms with Crippen LogP contribution in [0.25, 0.3) is 0 Å². The van der Waals surface area contributed by atoms with Gasteiger partial charge in [0.1, 0.15) is 0 Å². The molecule has 1 heterocycles. The summed E-state index contributed by atoms with van der Waals surface area (Å²) in [6.07, 6.45) is 4.01. The quantitative estimate of drug-likeness (QED) is 0.423. The SMILES string of the molecule is [H-].[H-].[Mg+2].[SiH3]C1CCCCO1. The molecule has 1 rings (SSSR count). The zero-order valence-corrected chi connectivity index (χ0v) is 8.94. The summed E-state index contributed by atoms with van der Waals surface area (Å²) in [4.78, 5) is 0. The van der Waals surface area contributed by atoms with Gasteiger partial charge in [-0.25, -0.2) is 0 Å². The third kappa shape index (κ3) is 3.07. The fourth-order valence-corrected chi connectivity index (χ4v) is 1.55. The molecule has 0 spiro atoms. The molecule has 1 saturated heterocycles. The van der Waals surface area contributed by atoms with E-state index in [-0.39, 0.29) is 25.9 Å². The Morgan fingerprint density at radius 2 is 2.25 bits per heavy atom. The Balaban J connectivity index is -0.000000163. The Labute approximate surface area is 72.7 Å². The molecular weight excluding hydrogens is 128 g/mol. The normalized spacial score (nSPS) is 29.2. The monoisotopic (exact) mass is 142 g/mol. The molecule has 8 heavy (non-hydrogen) atoms. The van der Waals surface area contributed by atoms with Gasteiger partial charge in [0.2, 0.25) is 0 Å². The first-order valence-corrected chi connectivity index (χ1v) is 4.16. The molecule has 0 radical (unpaired) electrons. The second-order valence-corrected chi connectivity index (χ2v) is 3.47. The Hall–Kier alpha value is 0.943. The van der Waals surface area contributed by atoms with Crippen molar-refractivity contribution in [1.29, 1.82) is 0 Å². The van der Waals surface area contributed by atoms with Gasteiger partial charge in [-0.05, 0) is 19.3 Å². The van der Waals surface area contributed by atoms with E-state index in [4.69, 9.17) is 4.74 Å². The largest absolute Gasteiger partial charge is 2.00 e. The molecule has 0 aliphatic carbocycles. The summed E-state index contributed by atoms with van der Waals surface area (Å²) >= 11 is 0. The number of rotatable bonds is 0. The minimum Gasteiger partial charge on any atom is -1.00 e. The topological polar surface area (TPSA) is 9.23 Å². The Morgan fingerprint density at radius 1 is 1.50 bits per heavy atom. The summed E-state index contributed by atoms with van der Waals surface area (Å²) in [5.74, 6) is 0. The van der Waals surface area contributed by atoms with Crippen LogP contribution in [0.15, 0.2) is 0 Å². The molecule has 0 amide bonds. The first-order chi connectivity index (χ1) is 3.39. The van der Waals surface area contributed by atoms with Crippen molar-refractivity contribution in [3.8, 4) is 0 Å². The molecule has 1 unspecified atom stereocenters. The molecule has 0 aromatic heterocycles. The first-order valence-electron chi connectivity index (χ1n) is 3.01. The van der Waals surface area contributed by atoms with Crippen LogP contribution in [0.4, 0.5) is 0 Å². The van der Waals surface area contributed by atoms with E-state index in [2.05, 4.69) is 0 Å². The number of ether oxygens (including phenoxy) is 1. The molecule has 0 N–H and O–H groups in total. The Morgan fingerprint density at radius 3 is 2.50 bits per heavy atom. The van der Waals surface area contributed by atoms with E-state index >= 15 is 0 Å². The van der Waals surface area contributed by atoms with Gasteiger partial charge in [-0.2, -0.15) is 0 Å². The van der Waals surface area contributed by atoms with Crippen LogP contribution in [0.2, 0.25) is 0 Å². The zero-order chi connectivity index (χ0) is 5.11. The molecule has 3 heteroatoms. The van der Waals surface area contributed by atoms with Crippen LogP contribution in [-0.2, 0) is 4.74 Å². The van der Waals surface area contributed by atoms with Crippen molar-refractivity contribution >= 4 is 33.3 Å². The van der Waals surface area contributed by atoms with Gasteiger partial charge in [-0.15, -0.1) is 0 Å². The van der Waals surface area contributed by atoms with Gasteiger partial charge in [0.15, 0.2) is 0 Å². The van der Waals surface area contributed by atoms with Gasteiger partial charge in [0, 0.05) is 22.6 Å². The summed E-state index contributed by atoms with van der Waals surface area (Å²) in [5.41, 5.74) is 0.675. The summed E-state index contributed by atoms with van der Waals surface area (Å²) < 4.78 is 5.34. The van der Waals surface area contributed by atoms with Crippen LogP contribution < -0.4 is 0 Å². The van der Waals surface area contributed by atoms with Crippen LogP contribution in [-0.4, -0.2) is 45.6 Å². The van der Waals surface area contributed by atoms with Gasteiger partial charge in [0.25, 0.3) is 0 Å². The minimum absolute atomic E-state index is 0. The second-order valence-electron chi connectivity index (χ2n) is 2.18. The molecule has 1 nitrogen and oxygen atoms in total. The van der Waals surface area contributed by atoms with E-state index in [0.29, 0.717) is 5.73 Å². The molecule has 0 saturated carbocycles. The molecule has 1 aliphatic rings. The van der Waals surface area contributed by atoms with Crippen molar-refractivity contribution < 1.29 is 7.59 Å². The van der Waals surface area contributed by atoms with Gasteiger partial charge >= 0.3 is 23.1 Å². The van der Waals surface area contributed by atoms with Crippen LogP contribution in [0, 0.1) is 0 Å². The Bertz CT molecular complexity index is 61.6. The van der Waals surface area contributed by atoms with Gasteiger partial charge in [-0.3, -0.25) is 0 Å². The van der Waals surface area contributed by atoms with Crippen LogP contribution in [0.3, 0.4) is 0 Å². The maximum atomic E-state index is 5.34. The standard InChI is InChI=1S/C5H12OSi.Mg.2H/c7-5-3-1-2-4-6-5;;;/h5H,1-4H2,7H3;;;/q;+2;2*-1. The first kappa shape index (κ1) is 8.94. The molecule has 46 valence electrons. The van der Waals surface area contributed by atoms with E-state index in [1.165, 1.54) is 29.5 Å². The summed E-state index contributed by atoms with van der Waals surface area (Å²) in [6.45, 7) is 1.02. The maximum Gasteiger partial charge on any atom is 2.00 e. The van der Waals surface area contributed by atoms with Crippen molar-refractivity contribution in [3.63, 3.8) is 0 Å². The minimum atomic E-state index is 0. The fourth-order valence-electron chi connectivity index (χ4n) is 0.902. The molecule has 1 atom stereocenters. The van der Waals surface area contributed by atoms with E-state index in [0.717, 1.165) is 6.61 Å². The van der Waals surface area contributed by atoms with Crippen molar-refractivity contribution in [3.05, 3.63) is 0 Å². The molecule has 0 bridgehead atoms. The third-order valence-corrected chi connectivity index (χ3v) is 2.32. The van der Waals surface area contributed by atoms with Crippen LogP contribution >= 0.6 is 0 Å². The van der Waals surface area contributed by atoms with E-state index in [9.17, 15) is 0 Å². The van der Waals surface area contributed by atoms with Crippen molar-refractivity contribution in [2.75, 3.05) is 6.61 Å². The summed E-state index contributed by atoms with van der Waals surface area (Å²) in [6, 6.07) is 0. The smallest absolute Gasteiger partial charge is 1.00 e. The van der Waals surface area contributed by atoms with Crippen molar-refractivity contribution in [2.24, 2.45) is 0 Å². The van der Waals surface area contributed by atoms with E-state index in [1.807, 2.05) is 0 Å². The molecular formula is C5H14MgOSi. The third-order valence-electron chi connectivity index (χ3n) is 1.41. The number of hydrogen-bond donors (Lipinski definition) is 0. The van der Waals surface area contributed by atoms with Gasteiger partial charge in [-0.1, -0.05) is 0 Å². The number of hydrogen-bond acceptors (Lipinski definition) is 1. The molecule has 0 aromatic rings. The molecule has 0 aromatic carbocycles.